The highest BCUT2D eigenvalue weighted by Crippen LogP contribution is 2.28. The second kappa shape index (κ2) is 6.47. The lowest BCUT2D eigenvalue weighted by Crippen LogP contribution is -2.09. The lowest BCUT2D eigenvalue weighted by Gasteiger charge is -2.16. The molecule has 0 amide bonds. The van der Waals surface area contributed by atoms with Crippen LogP contribution in [0.15, 0.2) is 12.1 Å². The first-order valence-corrected chi connectivity index (χ1v) is 6.77. The van der Waals surface area contributed by atoms with Crippen LogP contribution in [-0.4, -0.2) is 6.61 Å². The van der Waals surface area contributed by atoms with E-state index in [0.717, 1.165) is 41.8 Å². The van der Waals surface area contributed by atoms with Crippen LogP contribution < -0.4 is 10.5 Å². The van der Waals surface area contributed by atoms with E-state index in [-0.39, 0.29) is 5.41 Å². The number of hydrogen-bond acceptors (Lipinski definition) is 3. The number of hydrogen-bond donors (Lipinski definition) is 1. The SMILES string of the molecule is Cc1ccc(N)c(C)c1OCCCCC(C)(C)C#N. The van der Waals surface area contributed by atoms with Gasteiger partial charge < -0.3 is 10.5 Å². The number of nitrogen functional groups attached to an aromatic ring is 1. The minimum absolute atomic E-state index is 0.233. The van der Waals surface area contributed by atoms with Crippen LogP contribution in [-0.2, 0) is 0 Å². The van der Waals surface area contributed by atoms with Gasteiger partial charge in [0.1, 0.15) is 5.75 Å². The predicted octanol–water partition coefficient (Wildman–Crippen LogP) is 3.98. The summed E-state index contributed by atoms with van der Waals surface area (Å²) in [6, 6.07) is 6.21. The molecular formula is C16H24N2O. The Labute approximate surface area is 116 Å². The molecule has 0 spiro atoms. The smallest absolute Gasteiger partial charge is 0.127 e. The Bertz CT molecular complexity index is 472. The molecule has 1 aromatic rings. The van der Waals surface area contributed by atoms with Crippen LogP contribution in [0, 0.1) is 30.6 Å². The fourth-order valence-corrected chi connectivity index (χ4v) is 1.96. The van der Waals surface area contributed by atoms with Crippen LogP contribution >= 0.6 is 0 Å². The van der Waals surface area contributed by atoms with Crippen LogP contribution in [0.2, 0.25) is 0 Å². The number of aryl methyl sites for hydroxylation is 1. The van der Waals surface area contributed by atoms with Gasteiger partial charge in [-0.1, -0.05) is 6.07 Å². The maximum absolute atomic E-state index is 8.94. The molecule has 0 bridgehead atoms. The zero-order valence-corrected chi connectivity index (χ0v) is 12.4. The van der Waals surface area contributed by atoms with E-state index in [4.69, 9.17) is 15.7 Å². The molecule has 3 heteroatoms. The number of anilines is 1. The van der Waals surface area contributed by atoms with Crippen molar-refractivity contribution in [2.24, 2.45) is 5.41 Å². The lowest BCUT2D eigenvalue weighted by atomic mass is 9.89. The molecule has 0 saturated heterocycles. The Kier molecular flexibility index (Phi) is 5.23. The van der Waals surface area contributed by atoms with Gasteiger partial charge in [0.2, 0.25) is 0 Å². The van der Waals surface area contributed by atoms with Crippen molar-refractivity contribution in [3.8, 4) is 11.8 Å². The molecular weight excluding hydrogens is 236 g/mol. The fraction of sp³-hybridized carbons (Fsp3) is 0.562. The highest BCUT2D eigenvalue weighted by Gasteiger charge is 2.15. The molecule has 0 radical (unpaired) electrons. The van der Waals surface area contributed by atoms with Gasteiger partial charge >= 0.3 is 0 Å². The van der Waals surface area contributed by atoms with Crippen LogP contribution in [0.25, 0.3) is 0 Å². The van der Waals surface area contributed by atoms with E-state index in [1.807, 2.05) is 39.8 Å². The van der Waals surface area contributed by atoms with Gasteiger partial charge in [-0.2, -0.15) is 5.26 Å². The van der Waals surface area contributed by atoms with Crippen molar-refractivity contribution in [2.75, 3.05) is 12.3 Å². The number of nitrogens with two attached hydrogens (primary N) is 1. The van der Waals surface area contributed by atoms with E-state index in [2.05, 4.69) is 6.07 Å². The number of unbranched alkanes of at least 4 members (excludes halogenated alkanes) is 1. The summed E-state index contributed by atoms with van der Waals surface area (Å²) in [6.07, 6.45) is 2.86. The molecule has 0 fully saturated rings. The summed E-state index contributed by atoms with van der Waals surface area (Å²) in [5.41, 5.74) is 8.54. The van der Waals surface area contributed by atoms with Crippen LogP contribution in [0.3, 0.4) is 0 Å². The van der Waals surface area contributed by atoms with Gasteiger partial charge in [0.15, 0.2) is 0 Å². The molecule has 0 heterocycles. The van der Waals surface area contributed by atoms with Crippen molar-refractivity contribution in [3.63, 3.8) is 0 Å². The average Bonchev–Trinajstić information content (AvgIpc) is 2.37. The van der Waals surface area contributed by atoms with Gasteiger partial charge in [-0.3, -0.25) is 0 Å². The summed E-state index contributed by atoms with van der Waals surface area (Å²) in [4.78, 5) is 0. The minimum atomic E-state index is -0.233. The summed E-state index contributed by atoms with van der Waals surface area (Å²) < 4.78 is 5.83. The minimum Gasteiger partial charge on any atom is -0.493 e. The van der Waals surface area contributed by atoms with E-state index in [1.165, 1.54) is 0 Å². The van der Waals surface area contributed by atoms with E-state index in [9.17, 15) is 0 Å². The van der Waals surface area contributed by atoms with Crippen molar-refractivity contribution in [3.05, 3.63) is 23.3 Å². The summed E-state index contributed by atoms with van der Waals surface area (Å²) in [6.45, 7) is 8.63. The summed E-state index contributed by atoms with van der Waals surface area (Å²) in [7, 11) is 0. The van der Waals surface area contributed by atoms with Gasteiger partial charge in [-0.15, -0.1) is 0 Å². The van der Waals surface area contributed by atoms with E-state index in [0.29, 0.717) is 6.61 Å². The zero-order valence-electron chi connectivity index (χ0n) is 12.4. The molecule has 1 rings (SSSR count). The predicted molar refractivity (Wildman–Crippen MR) is 79.1 cm³/mol. The number of rotatable bonds is 6. The highest BCUT2D eigenvalue weighted by molar-refractivity contribution is 5.56. The quantitative estimate of drug-likeness (QED) is 0.621. The van der Waals surface area contributed by atoms with Crippen molar-refractivity contribution in [1.82, 2.24) is 0 Å². The first-order chi connectivity index (χ1) is 8.87. The Morgan fingerprint density at radius 2 is 1.95 bits per heavy atom. The monoisotopic (exact) mass is 260 g/mol. The van der Waals surface area contributed by atoms with E-state index >= 15 is 0 Å². The molecule has 1 aromatic carbocycles. The Morgan fingerprint density at radius 3 is 2.58 bits per heavy atom. The summed E-state index contributed by atoms with van der Waals surface area (Å²) >= 11 is 0. The second-order valence-corrected chi connectivity index (χ2v) is 5.73. The molecule has 0 aliphatic heterocycles. The Hall–Kier alpha value is -1.69. The largest absolute Gasteiger partial charge is 0.493 e. The van der Waals surface area contributed by atoms with Gasteiger partial charge in [0.25, 0.3) is 0 Å². The summed E-state index contributed by atoms with van der Waals surface area (Å²) in [5.74, 6) is 0.902. The Balaban J connectivity index is 2.43. The summed E-state index contributed by atoms with van der Waals surface area (Å²) in [5, 5.41) is 8.94. The molecule has 104 valence electrons. The highest BCUT2D eigenvalue weighted by atomic mass is 16.5. The molecule has 2 N–H and O–H groups in total. The molecule has 0 aliphatic rings. The third-order valence-electron chi connectivity index (χ3n) is 3.39. The maximum atomic E-state index is 8.94. The van der Waals surface area contributed by atoms with Crippen molar-refractivity contribution in [1.29, 1.82) is 5.26 Å². The number of nitriles is 1. The third kappa shape index (κ3) is 4.48. The topological polar surface area (TPSA) is 59.0 Å². The fourth-order valence-electron chi connectivity index (χ4n) is 1.96. The van der Waals surface area contributed by atoms with Crippen LogP contribution in [0.1, 0.15) is 44.2 Å². The van der Waals surface area contributed by atoms with Crippen LogP contribution in [0.5, 0.6) is 5.75 Å². The van der Waals surface area contributed by atoms with E-state index < -0.39 is 0 Å². The van der Waals surface area contributed by atoms with Crippen molar-refractivity contribution in [2.45, 2.75) is 47.0 Å². The van der Waals surface area contributed by atoms with Gasteiger partial charge in [-0.25, -0.2) is 0 Å². The third-order valence-corrected chi connectivity index (χ3v) is 3.39. The van der Waals surface area contributed by atoms with Gasteiger partial charge in [0, 0.05) is 11.3 Å². The Morgan fingerprint density at radius 1 is 1.26 bits per heavy atom. The number of benzene rings is 1. The lowest BCUT2D eigenvalue weighted by molar-refractivity contribution is 0.292. The number of nitrogens with zero attached hydrogens (tertiary/aromatic N) is 1. The molecule has 19 heavy (non-hydrogen) atoms. The van der Waals surface area contributed by atoms with Crippen LogP contribution in [0.4, 0.5) is 5.69 Å². The maximum Gasteiger partial charge on any atom is 0.127 e. The molecule has 0 unspecified atom stereocenters. The average molecular weight is 260 g/mol. The van der Waals surface area contributed by atoms with E-state index in [1.54, 1.807) is 0 Å². The zero-order chi connectivity index (χ0) is 14.5. The van der Waals surface area contributed by atoms with Crippen molar-refractivity contribution >= 4 is 5.69 Å². The molecule has 3 nitrogen and oxygen atoms in total. The van der Waals surface area contributed by atoms with Gasteiger partial charge in [0.05, 0.1) is 18.1 Å². The molecule has 0 atom stereocenters. The molecule has 0 aliphatic carbocycles. The standard InChI is InChI=1S/C16H24N2O/c1-12-7-8-14(18)13(2)15(12)19-10-6-5-9-16(3,4)11-17/h7-8H,5-6,9-10,18H2,1-4H3. The number of ether oxygens (including phenoxy) is 1. The first kappa shape index (κ1) is 15.4. The van der Waals surface area contributed by atoms with Crippen molar-refractivity contribution < 1.29 is 4.74 Å². The molecule has 0 saturated carbocycles. The second-order valence-electron chi connectivity index (χ2n) is 5.73. The first-order valence-electron chi connectivity index (χ1n) is 6.77. The molecule has 0 aromatic heterocycles. The van der Waals surface area contributed by atoms with Gasteiger partial charge in [-0.05, 0) is 58.6 Å². The normalized spacial score (nSPS) is 11.1.